The Bertz CT molecular complexity index is 519. The van der Waals surface area contributed by atoms with Gasteiger partial charge in [-0.25, -0.2) is 4.98 Å². The zero-order chi connectivity index (χ0) is 10.8. The Morgan fingerprint density at radius 1 is 1.60 bits per heavy atom. The fraction of sp³-hybridized carbons (Fsp3) is 0.222. The number of aromatic nitrogens is 3. The molecule has 0 radical (unpaired) electrons. The van der Waals surface area contributed by atoms with Crippen LogP contribution in [0.4, 0.5) is 0 Å². The summed E-state index contributed by atoms with van der Waals surface area (Å²) in [6, 6.07) is 0. The lowest BCUT2D eigenvalue weighted by atomic mass is 10.3. The predicted molar refractivity (Wildman–Crippen MR) is 67.6 cm³/mol. The van der Waals surface area contributed by atoms with Crippen molar-refractivity contribution < 1.29 is 0 Å². The SMILES string of the molecule is CCc1[nH]c(-c2cncs2)nc(=S)c1Br. The monoisotopic (exact) mass is 301 g/mol. The number of halogens is 1. The minimum atomic E-state index is 0.592. The molecule has 0 fully saturated rings. The van der Waals surface area contributed by atoms with Crippen molar-refractivity contribution in [3.8, 4) is 10.7 Å². The molecule has 6 heteroatoms. The average Bonchev–Trinajstić information content (AvgIpc) is 2.75. The van der Waals surface area contributed by atoms with Crippen LogP contribution in [-0.4, -0.2) is 15.0 Å². The van der Waals surface area contributed by atoms with E-state index in [1.54, 1.807) is 23.0 Å². The predicted octanol–water partition coefficient (Wildman–Crippen LogP) is 3.59. The van der Waals surface area contributed by atoms with Crippen LogP contribution in [0.5, 0.6) is 0 Å². The van der Waals surface area contributed by atoms with E-state index in [1.165, 1.54) is 0 Å². The Hall–Kier alpha value is -0.590. The van der Waals surface area contributed by atoms with Gasteiger partial charge in [0.2, 0.25) is 0 Å². The van der Waals surface area contributed by atoms with Gasteiger partial charge in [-0.2, -0.15) is 0 Å². The number of nitrogens with one attached hydrogen (secondary N) is 1. The molecule has 2 aromatic rings. The van der Waals surface area contributed by atoms with Crippen LogP contribution in [-0.2, 0) is 6.42 Å². The quantitative estimate of drug-likeness (QED) is 0.862. The summed E-state index contributed by atoms with van der Waals surface area (Å²) in [6.45, 7) is 2.07. The number of thiazole rings is 1. The Kier molecular flexibility index (Phi) is 3.28. The van der Waals surface area contributed by atoms with Gasteiger partial charge in [-0.3, -0.25) is 4.98 Å². The molecule has 0 atom stereocenters. The van der Waals surface area contributed by atoms with E-state index >= 15 is 0 Å². The maximum absolute atomic E-state index is 5.17. The van der Waals surface area contributed by atoms with Gasteiger partial charge in [0.15, 0.2) is 5.82 Å². The molecule has 0 bridgehead atoms. The molecule has 0 saturated heterocycles. The number of H-pyrrole nitrogens is 1. The largest absolute Gasteiger partial charge is 0.341 e. The highest BCUT2D eigenvalue weighted by atomic mass is 79.9. The first-order valence-electron chi connectivity index (χ1n) is 4.40. The normalized spacial score (nSPS) is 10.5. The lowest BCUT2D eigenvalue weighted by Gasteiger charge is -2.04. The summed E-state index contributed by atoms with van der Waals surface area (Å²) in [7, 11) is 0. The molecule has 0 spiro atoms. The summed E-state index contributed by atoms with van der Waals surface area (Å²) in [5.74, 6) is 0.794. The second-order valence-corrected chi connectivity index (χ2v) is 4.97. The van der Waals surface area contributed by atoms with Crippen LogP contribution in [0, 0.1) is 4.64 Å². The molecule has 15 heavy (non-hydrogen) atoms. The van der Waals surface area contributed by atoms with Crippen molar-refractivity contribution in [1.29, 1.82) is 0 Å². The van der Waals surface area contributed by atoms with Crippen LogP contribution in [0.2, 0.25) is 0 Å². The van der Waals surface area contributed by atoms with Gasteiger partial charge in [-0.15, -0.1) is 11.3 Å². The van der Waals surface area contributed by atoms with E-state index in [0.717, 1.165) is 27.3 Å². The molecule has 2 rings (SSSR count). The first-order valence-corrected chi connectivity index (χ1v) is 6.48. The van der Waals surface area contributed by atoms with Crippen molar-refractivity contribution in [2.75, 3.05) is 0 Å². The number of hydrogen-bond acceptors (Lipinski definition) is 4. The minimum Gasteiger partial charge on any atom is -0.341 e. The van der Waals surface area contributed by atoms with E-state index in [9.17, 15) is 0 Å². The summed E-state index contributed by atoms with van der Waals surface area (Å²) in [5.41, 5.74) is 2.85. The van der Waals surface area contributed by atoms with E-state index in [2.05, 4.69) is 37.8 Å². The molecule has 0 saturated carbocycles. The zero-order valence-corrected chi connectivity index (χ0v) is 11.2. The van der Waals surface area contributed by atoms with Gasteiger partial charge in [0.05, 0.1) is 14.9 Å². The summed E-state index contributed by atoms with van der Waals surface area (Å²) in [4.78, 5) is 12.6. The van der Waals surface area contributed by atoms with Crippen molar-refractivity contribution in [2.45, 2.75) is 13.3 Å². The molecule has 0 amide bonds. The minimum absolute atomic E-state index is 0.592. The first-order chi connectivity index (χ1) is 7.22. The summed E-state index contributed by atoms with van der Waals surface area (Å²) in [5, 5.41) is 0. The molecule has 0 aromatic carbocycles. The van der Waals surface area contributed by atoms with Crippen LogP contribution in [0.1, 0.15) is 12.6 Å². The van der Waals surface area contributed by atoms with Crippen molar-refractivity contribution >= 4 is 39.5 Å². The van der Waals surface area contributed by atoms with Gasteiger partial charge in [0.25, 0.3) is 0 Å². The Balaban J connectivity index is 2.61. The van der Waals surface area contributed by atoms with E-state index < -0.39 is 0 Å². The molecule has 3 nitrogen and oxygen atoms in total. The fourth-order valence-electron chi connectivity index (χ4n) is 1.20. The van der Waals surface area contributed by atoms with E-state index in [0.29, 0.717) is 4.64 Å². The smallest absolute Gasteiger partial charge is 0.150 e. The van der Waals surface area contributed by atoms with Crippen molar-refractivity contribution in [3.05, 3.63) is 26.5 Å². The molecule has 78 valence electrons. The van der Waals surface area contributed by atoms with Gasteiger partial charge in [0, 0.05) is 11.9 Å². The average molecular weight is 302 g/mol. The highest BCUT2D eigenvalue weighted by Crippen LogP contribution is 2.23. The fourth-order valence-corrected chi connectivity index (χ4v) is 2.45. The second kappa shape index (κ2) is 4.51. The second-order valence-electron chi connectivity index (χ2n) is 2.90. The van der Waals surface area contributed by atoms with Crippen molar-refractivity contribution in [2.24, 2.45) is 0 Å². The van der Waals surface area contributed by atoms with Crippen LogP contribution in [0.15, 0.2) is 16.2 Å². The maximum Gasteiger partial charge on any atom is 0.150 e. The summed E-state index contributed by atoms with van der Waals surface area (Å²) in [6.07, 6.45) is 2.67. The van der Waals surface area contributed by atoms with Crippen LogP contribution < -0.4 is 0 Å². The molecule has 0 aliphatic rings. The molecule has 0 aliphatic heterocycles. The summed E-state index contributed by atoms with van der Waals surface area (Å²) >= 11 is 10.1. The summed E-state index contributed by atoms with van der Waals surface area (Å²) < 4.78 is 1.47. The number of aromatic amines is 1. The molecule has 0 unspecified atom stereocenters. The van der Waals surface area contributed by atoms with Crippen LogP contribution in [0.3, 0.4) is 0 Å². The van der Waals surface area contributed by atoms with Crippen LogP contribution >= 0.6 is 39.5 Å². The topological polar surface area (TPSA) is 41.6 Å². The number of nitrogens with zero attached hydrogens (tertiary/aromatic N) is 2. The number of hydrogen-bond donors (Lipinski definition) is 1. The highest BCUT2D eigenvalue weighted by molar-refractivity contribution is 9.10. The zero-order valence-electron chi connectivity index (χ0n) is 7.95. The Labute approximate surface area is 105 Å². The first kappa shape index (κ1) is 10.9. The lowest BCUT2D eigenvalue weighted by Crippen LogP contribution is -1.96. The molecule has 1 N–H and O–H groups in total. The number of aryl methyl sites for hydroxylation is 1. The van der Waals surface area contributed by atoms with Gasteiger partial charge < -0.3 is 4.98 Å². The molecule has 2 aromatic heterocycles. The molecule has 2 heterocycles. The molecular weight excluding hydrogens is 294 g/mol. The lowest BCUT2D eigenvalue weighted by molar-refractivity contribution is 0.986. The van der Waals surface area contributed by atoms with Crippen molar-refractivity contribution in [1.82, 2.24) is 15.0 Å². The third-order valence-electron chi connectivity index (χ3n) is 1.95. The molecule has 0 aliphatic carbocycles. The standard InChI is InChI=1S/C9H8BrN3S2/c1-2-5-7(10)9(14)13-8(12-5)6-3-11-4-15-6/h3-4H,2H2,1H3,(H,12,13,14). The maximum atomic E-state index is 5.17. The Morgan fingerprint density at radius 2 is 2.40 bits per heavy atom. The van der Waals surface area contributed by atoms with E-state index in [1.807, 2.05) is 0 Å². The van der Waals surface area contributed by atoms with Gasteiger partial charge in [-0.05, 0) is 22.4 Å². The van der Waals surface area contributed by atoms with E-state index in [4.69, 9.17) is 12.2 Å². The van der Waals surface area contributed by atoms with E-state index in [-0.39, 0.29) is 0 Å². The third kappa shape index (κ3) is 2.16. The van der Waals surface area contributed by atoms with Gasteiger partial charge >= 0.3 is 0 Å². The Morgan fingerprint density at radius 3 is 3.00 bits per heavy atom. The van der Waals surface area contributed by atoms with Crippen LogP contribution in [0.25, 0.3) is 10.7 Å². The third-order valence-corrected chi connectivity index (χ3v) is 4.15. The molecular formula is C9H8BrN3S2. The van der Waals surface area contributed by atoms with Gasteiger partial charge in [-0.1, -0.05) is 19.1 Å². The highest BCUT2D eigenvalue weighted by Gasteiger charge is 2.07. The van der Waals surface area contributed by atoms with Gasteiger partial charge in [0.1, 0.15) is 4.64 Å². The number of rotatable bonds is 2. The van der Waals surface area contributed by atoms with Crippen molar-refractivity contribution in [3.63, 3.8) is 0 Å².